The van der Waals surface area contributed by atoms with Gasteiger partial charge in [0, 0.05) is 12.2 Å². The van der Waals surface area contributed by atoms with E-state index < -0.39 is 5.97 Å². The van der Waals surface area contributed by atoms with Gasteiger partial charge in [-0.1, -0.05) is 49.6 Å². The molecule has 0 heterocycles. The van der Waals surface area contributed by atoms with Crippen molar-refractivity contribution >= 4 is 12.0 Å². The summed E-state index contributed by atoms with van der Waals surface area (Å²) in [7, 11) is 0. The Bertz CT molecular complexity index is 441. The molecule has 1 aromatic rings. The molecule has 92 valence electrons. The molecule has 0 amide bonds. The summed E-state index contributed by atoms with van der Waals surface area (Å²) in [6, 6.07) is 11.5. The molecule has 0 aliphatic carbocycles. The van der Waals surface area contributed by atoms with E-state index in [2.05, 4.69) is 13.2 Å². The highest BCUT2D eigenvalue weighted by molar-refractivity contribution is 5.81. The van der Waals surface area contributed by atoms with Crippen molar-refractivity contribution < 1.29 is 9.53 Å². The zero-order valence-corrected chi connectivity index (χ0v) is 10.1. The van der Waals surface area contributed by atoms with Crippen LogP contribution in [0.1, 0.15) is 5.56 Å². The molecule has 0 unspecified atom stereocenters. The van der Waals surface area contributed by atoms with Gasteiger partial charge in [0.2, 0.25) is 0 Å². The monoisotopic (exact) mass is 241 g/mol. The van der Waals surface area contributed by atoms with Gasteiger partial charge in [-0.05, 0) is 11.6 Å². The van der Waals surface area contributed by atoms with Gasteiger partial charge in [0.25, 0.3) is 0 Å². The molecule has 18 heavy (non-hydrogen) atoms. The van der Waals surface area contributed by atoms with E-state index in [1.807, 2.05) is 36.4 Å². The number of carbonyl (C=O) groups excluding carboxylic acids is 1. The van der Waals surface area contributed by atoms with Crippen LogP contribution in [0, 0.1) is 11.3 Å². The first-order valence-corrected chi connectivity index (χ1v) is 5.26. The molecule has 3 nitrogen and oxygen atoms in total. The lowest BCUT2D eigenvalue weighted by molar-refractivity contribution is -0.136. The third kappa shape index (κ3) is 8.69. The number of rotatable bonds is 4. The maximum Gasteiger partial charge on any atom is 0.330 e. The Hall–Kier alpha value is -2.60. The number of esters is 1. The third-order valence-corrected chi connectivity index (χ3v) is 1.69. The van der Waals surface area contributed by atoms with Gasteiger partial charge >= 0.3 is 5.97 Å². The van der Waals surface area contributed by atoms with Gasteiger partial charge in [-0.2, -0.15) is 5.26 Å². The van der Waals surface area contributed by atoms with E-state index in [0.29, 0.717) is 0 Å². The number of nitrogens with zero attached hydrogens (tertiary/aromatic N) is 1. The summed E-state index contributed by atoms with van der Waals surface area (Å²) in [6.07, 6.45) is 6.02. The summed E-state index contributed by atoms with van der Waals surface area (Å²) < 4.78 is 4.77. The Balaban J connectivity index is 0.000000631. The second-order valence-electron chi connectivity index (χ2n) is 2.98. The third-order valence-electron chi connectivity index (χ3n) is 1.69. The lowest BCUT2D eigenvalue weighted by Crippen LogP contribution is -1.98. The second-order valence-corrected chi connectivity index (χ2v) is 2.98. The van der Waals surface area contributed by atoms with Crippen molar-refractivity contribution in [3.8, 4) is 6.07 Å². The molecule has 0 aliphatic rings. The van der Waals surface area contributed by atoms with Crippen LogP contribution in [0.3, 0.4) is 0 Å². The minimum absolute atomic E-state index is 0.278. The maximum atomic E-state index is 10.6. The second kappa shape index (κ2) is 10.9. The summed E-state index contributed by atoms with van der Waals surface area (Å²) in [5.74, 6) is -0.400. The molecule has 0 aromatic heterocycles. The van der Waals surface area contributed by atoms with Crippen LogP contribution < -0.4 is 0 Å². The molecule has 0 aliphatic heterocycles. The van der Waals surface area contributed by atoms with Gasteiger partial charge in [-0.3, -0.25) is 0 Å². The first-order chi connectivity index (χ1) is 8.74. The van der Waals surface area contributed by atoms with Crippen molar-refractivity contribution in [3.63, 3.8) is 0 Å². The maximum absolute atomic E-state index is 10.6. The number of carbonyl (C=O) groups is 1. The Morgan fingerprint density at radius 2 is 1.94 bits per heavy atom. The molecule has 3 heteroatoms. The van der Waals surface area contributed by atoms with E-state index in [4.69, 9.17) is 10.00 Å². The van der Waals surface area contributed by atoms with Crippen molar-refractivity contribution in [3.05, 3.63) is 67.3 Å². The molecule has 0 N–H and O–H groups in total. The minimum atomic E-state index is -0.400. The Labute approximate surface area is 107 Å². The van der Waals surface area contributed by atoms with Crippen LogP contribution in [0.4, 0.5) is 0 Å². The van der Waals surface area contributed by atoms with E-state index >= 15 is 0 Å². The largest absolute Gasteiger partial charge is 0.458 e. The molecule has 0 saturated heterocycles. The van der Waals surface area contributed by atoms with E-state index in [1.54, 1.807) is 12.1 Å². The van der Waals surface area contributed by atoms with Gasteiger partial charge in [-0.25, -0.2) is 4.79 Å². The highest BCUT2D eigenvalue weighted by Gasteiger charge is 1.90. The number of hydrogen-bond donors (Lipinski definition) is 0. The summed E-state index contributed by atoms with van der Waals surface area (Å²) in [5.41, 5.74) is 1.09. The molecule has 0 spiro atoms. The van der Waals surface area contributed by atoms with Crippen LogP contribution in [0.5, 0.6) is 0 Å². The normalized spacial score (nSPS) is 8.61. The summed E-state index contributed by atoms with van der Waals surface area (Å²) in [5, 5.41) is 7.51. The Morgan fingerprint density at radius 3 is 2.44 bits per heavy atom. The average Bonchev–Trinajstić information content (AvgIpc) is 2.44. The van der Waals surface area contributed by atoms with Crippen LogP contribution in [0.15, 0.2) is 61.7 Å². The summed E-state index contributed by atoms with van der Waals surface area (Å²) in [6.45, 7) is 6.69. The van der Waals surface area contributed by atoms with Crippen LogP contribution in [-0.2, 0) is 9.53 Å². The zero-order valence-electron chi connectivity index (χ0n) is 10.1. The molecular formula is C15H15NO2. The molecule has 1 rings (SSSR count). The van der Waals surface area contributed by atoms with Crippen molar-refractivity contribution in [1.82, 2.24) is 0 Å². The molecule has 0 atom stereocenters. The zero-order chi connectivity index (χ0) is 13.6. The molecule has 0 saturated carbocycles. The van der Waals surface area contributed by atoms with Crippen LogP contribution in [0.25, 0.3) is 6.08 Å². The van der Waals surface area contributed by atoms with E-state index in [0.717, 1.165) is 11.6 Å². The minimum Gasteiger partial charge on any atom is -0.458 e. The predicted molar refractivity (Wildman–Crippen MR) is 72.4 cm³/mol. The fourth-order valence-electron chi connectivity index (χ4n) is 0.938. The van der Waals surface area contributed by atoms with Gasteiger partial charge in [0.1, 0.15) is 6.61 Å². The van der Waals surface area contributed by atoms with Crippen molar-refractivity contribution in [2.75, 3.05) is 6.61 Å². The van der Waals surface area contributed by atoms with Crippen molar-refractivity contribution in [2.24, 2.45) is 0 Å². The van der Waals surface area contributed by atoms with Gasteiger partial charge in [0.15, 0.2) is 0 Å². The number of hydrogen-bond acceptors (Lipinski definition) is 3. The number of benzene rings is 1. The van der Waals surface area contributed by atoms with Gasteiger partial charge < -0.3 is 4.74 Å². The van der Waals surface area contributed by atoms with E-state index in [1.165, 1.54) is 6.08 Å². The van der Waals surface area contributed by atoms with Gasteiger partial charge in [-0.15, -0.1) is 0 Å². The fourth-order valence-corrected chi connectivity index (χ4v) is 0.938. The molecule has 0 radical (unpaired) electrons. The fraction of sp³-hybridized carbons (Fsp3) is 0.0667. The number of allylic oxidation sites excluding steroid dienone is 1. The quantitative estimate of drug-likeness (QED) is 0.462. The molecule has 1 aromatic carbocycles. The summed E-state index contributed by atoms with van der Waals surface area (Å²) >= 11 is 0. The SMILES string of the molecule is C=CC#N.C=CC(=O)OCC=Cc1ccccc1. The molecular weight excluding hydrogens is 226 g/mol. The van der Waals surface area contributed by atoms with Crippen molar-refractivity contribution in [2.45, 2.75) is 0 Å². The predicted octanol–water partition coefficient (Wildman–Crippen LogP) is 3.12. The first kappa shape index (κ1) is 15.4. The van der Waals surface area contributed by atoms with Gasteiger partial charge in [0.05, 0.1) is 6.07 Å². The van der Waals surface area contributed by atoms with Crippen LogP contribution >= 0.6 is 0 Å². The van der Waals surface area contributed by atoms with Crippen LogP contribution in [0.2, 0.25) is 0 Å². The van der Waals surface area contributed by atoms with E-state index in [-0.39, 0.29) is 6.61 Å². The Morgan fingerprint density at radius 1 is 1.33 bits per heavy atom. The lowest BCUT2D eigenvalue weighted by Gasteiger charge is -1.95. The Kier molecular flexibility index (Phi) is 9.33. The highest BCUT2D eigenvalue weighted by atomic mass is 16.5. The molecule has 0 bridgehead atoms. The highest BCUT2D eigenvalue weighted by Crippen LogP contribution is 2.00. The average molecular weight is 241 g/mol. The number of nitriles is 1. The van der Waals surface area contributed by atoms with E-state index in [9.17, 15) is 4.79 Å². The van der Waals surface area contributed by atoms with Crippen molar-refractivity contribution in [1.29, 1.82) is 5.26 Å². The first-order valence-electron chi connectivity index (χ1n) is 5.26. The summed E-state index contributed by atoms with van der Waals surface area (Å²) in [4.78, 5) is 10.6. The topological polar surface area (TPSA) is 50.1 Å². The standard InChI is InChI=1S/C12H12O2.C3H3N/c1-2-12(13)14-10-6-9-11-7-4-3-5-8-11;1-2-3-4/h2-9H,1,10H2;2H,1H2. The number of ether oxygens (including phenoxy) is 1. The van der Waals surface area contributed by atoms with Crippen LogP contribution in [-0.4, -0.2) is 12.6 Å². The molecule has 0 fully saturated rings. The lowest BCUT2D eigenvalue weighted by atomic mass is 10.2. The smallest absolute Gasteiger partial charge is 0.330 e.